The minimum atomic E-state index is -0.00415. The lowest BCUT2D eigenvalue weighted by molar-refractivity contribution is 0.340. The molecular formula is C18H24N2O2. The molecule has 2 N–H and O–H groups in total. The standard InChI is InChI=1S/C18H24N2O2/c1-4-22-16-7-5-6-14(10-16)17-9-8-15(11-19)18(21)20(17)12-13(2)3/h5-10,13H,4,11-12,19H2,1-3H3. The summed E-state index contributed by atoms with van der Waals surface area (Å²) in [6, 6.07) is 11.6. The lowest BCUT2D eigenvalue weighted by Crippen LogP contribution is -2.28. The van der Waals surface area contributed by atoms with Crippen molar-refractivity contribution in [2.75, 3.05) is 6.61 Å². The van der Waals surface area contributed by atoms with Gasteiger partial charge in [0.15, 0.2) is 0 Å². The summed E-state index contributed by atoms with van der Waals surface area (Å²) in [5.41, 5.74) is 8.19. The second-order valence-corrected chi connectivity index (χ2v) is 5.72. The summed E-state index contributed by atoms with van der Waals surface area (Å²) in [6.07, 6.45) is 0. The van der Waals surface area contributed by atoms with Gasteiger partial charge in [-0.15, -0.1) is 0 Å². The van der Waals surface area contributed by atoms with E-state index in [-0.39, 0.29) is 12.1 Å². The Balaban J connectivity index is 2.56. The Hall–Kier alpha value is -2.07. The fourth-order valence-electron chi connectivity index (χ4n) is 2.49. The molecule has 0 radical (unpaired) electrons. The maximum absolute atomic E-state index is 12.6. The SMILES string of the molecule is CCOc1cccc(-c2ccc(CN)c(=O)n2CC(C)C)c1. The summed E-state index contributed by atoms with van der Waals surface area (Å²) in [6.45, 7) is 7.70. The summed E-state index contributed by atoms with van der Waals surface area (Å²) in [7, 11) is 0. The molecule has 4 nitrogen and oxygen atoms in total. The van der Waals surface area contributed by atoms with E-state index >= 15 is 0 Å². The second kappa shape index (κ2) is 7.27. The molecule has 1 aromatic carbocycles. The summed E-state index contributed by atoms with van der Waals surface area (Å²) in [5, 5.41) is 0. The fourth-order valence-corrected chi connectivity index (χ4v) is 2.49. The van der Waals surface area contributed by atoms with Crippen LogP contribution in [0, 0.1) is 5.92 Å². The number of nitrogens with two attached hydrogens (primary N) is 1. The molecule has 0 atom stereocenters. The summed E-state index contributed by atoms with van der Waals surface area (Å²) < 4.78 is 7.37. The number of nitrogens with zero attached hydrogens (tertiary/aromatic N) is 1. The third kappa shape index (κ3) is 3.57. The Bertz CT molecular complexity index is 690. The molecule has 0 aliphatic rings. The van der Waals surface area contributed by atoms with E-state index in [0.29, 0.717) is 24.6 Å². The molecule has 2 aromatic rings. The van der Waals surface area contributed by atoms with E-state index in [4.69, 9.17) is 10.5 Å². The van der Waals surface area contributed by atoms with Crippen LogP contribution in [0.2, 0.25) is 0 Å². The van der Waals surface area contributed by atoms with Crippen LogP contribution in [0.3, 0.4) is 0 Å². The Morgan fingerprint density at radius 2 is 2.00 bits per heavy atom. The largest absolute Gasteiger partial charge is 0.494 e. The van der Waals surface area contributed by atoms with Gasteiger partial charge in [-0.3, -0.25) is 4.79 Å². The number of benzene rings is 1. The van der Waals surface area contributed by atoms with Crippen molar-refractivity contribution < 1.29 is 4.74 Å². The maximum Gasteiger partial charge on any atom is 0.255 e. The summed E-state index contributed by atoms with van der Waals surface area (Å²) >= 11 is 0. The normalized spacial score (nSPS) is 11.0. The summed E-state index contributed by atoms with van der Waals surface area (Å²) in [5.74, 6) is 1.19. The van der Waals surface area contributed by atoms with E-state index in [9.17, 15) is 4.79 Å². The molecule has 0 fully saturated rings. The van der Waals surface area contributed by atoms with Crippen molar-refractivity contribution in [1.29, 1.82) is 0 Å². The van der Waals surface area contributed by atoms with Crippen LogP contribution in [0.4, 0.5) is 0 Å². The Labute approximate surface area is 131 Å². The molecule has 1 heterocycles. The topological polar surface area (TPSA) is 57.2 Å². The van der Waals surface area contributed by atoms with Gasteiger partial charge in [-0.25, -0.2) is 0 Å². The predicted octanol–water partition coefficient (Wildman–Crippen LogP) is 3.03. The van der Waals surface area contributed by atoms with E-state index in [1.807, 2.05) is 47.9 Å². The molecule has 22 heavy (non-hydrogen) atoms. The molecule has 0 unspecified atom stereocenters. The number of aromatic nitrogens is 1. The molecule has 0 saturated carbocycles. The van der Waals surface area contributed by atoms with E-state index in [1.54, 1.807) is 0 Å². The molecule has 0 aliphatic heterocycles. The first-order chi connectivity index (χ1) is 10.6. The highest BCUT2D eigenvalue weighted by molar-refractivity contribution is 5.62. The third-order valence-corrected chi connectivity index (χ3v) is 3.46. The minimum absolute atomic E-state index is 0.00415. The van der Waals surface area contributed by atoms with E-state index in [0.717, 1.165) is 17.0 Å². The fraction of sp³-hybridized carbons (Fsp3) is 0.389. The molecule has 0 amide bonds. The Morgan fingerprint density at radius 3 is 2.64 bits per heavy atom. The maximum atomic E-state index is 12.6. The van der Waals surface area contributed by atoms with E-state index in [2.05, 4.69) is 13.8 Å². The van der Waals surface area contributed by atoms with Crippen molar-refractivity contribution in [2.45, 2.75) is 33.9 Å². The van der Waals surface area contributed by atoms with Crippen LogP contribution < -0.4 is 16.0 Å². The zero-order valence-corrected chi connectivity index (χ0v) is 13.5. The van der Waals surface area contributed by atoms with Crippen molar-refractivity contribution in [3.8, 4) is 17.0 Å². The molecular weight excluding hydrogens is 276 g/mol. The second-order valence-electron chi connectivity index (χ2n) is 5.72. The van der Waals surface area contributed by atoms with Crippen molar-refractivity contribution in [3.05, 3.63) is 52.3 Å². The van der Waals surface area contributed by atoms with Gasteiger partial charge in [0, 0.05) is 24.2 Å². The van der Waals surface area contributed by atoms with Gasteiger partial charge in [-0.1, -0.05) is 32.0 Å². The van der Waals surface area contributed by atoms with Gasteiger partial charge in [0.25, 0.3) is 5.56 Å². The van der Waals surface area contributed by atoms with Crippen LogP contribution in [0.25, 0.3) is 11.3 Å². The van der Waals surface area contributed by atoms with Gasteiger partial charge < -0.3 is 15.0 Å². The van der Waals surface area contributed by atoms with E-state index in [1.165, 1.54) is 0 Å². The smallest absolute Gasteiger partial charge is 0.255 e. The molecule has 0 saturated heterocycles. The quantitative estimate of drug-likeness (QED) is 0.892. The van der Waals surface area contributed by atoms with Gasteiger partial charge in [0.2, 0.25) is 0 Å². The lowest BCUT2D eigenvalue weighted by atomic mass is 10.1. The van der Waals surface area contributed by atoms with Crippen molar-refractivity contribution >= 4 is 0 Å². The first-order valence-corrected chi connectivity index (χ1v) is 7.72. The van der Waals surface area contributed by atoms with Gasteiger partial charge in [-0.05, 0) is 31.0 Å². The highest BCUT2D eigenvalue weighted by Gasteiger charge is 2.11. The monoisotopic (exact) mass is 300 g/mol. The van der Waals surface area contributed by atoms with Crippen LogP contribution in [-0.2, 0) is 13.1 Å². The van der Waals surface area contributed by atoms with Crippen molar-refractivity contribution in [3.63, 3.8) is 0 Å². The van der Waals surface area contributed by atoms with Gasteiger partial charge in [0.05, 0.1) is 12.3 Å². The Kier molecular flexibility index (Phi) is 5.39. The van der Waals surface area contributed by atoms with E-state index < -0.39 is 0 Å². The number of ether oxygens (including phenoxy) is 1. The number of hydrogen-bond donors (Lipinski definition) is 1. The first kappa shape index (κ1) is 16.3. The van der Waals surface area contributed by atoms with Crippen LogP contribution in [0.5, 0.6) is 5.75 Å². The highest BCUT2D eigenvalue weighted by atomic mass is 16.5. The van der Waals surface area contributed by atoms with Crippen LogP contribution in [0.1, 0.15) is 26.3 Å². The van der Waals surface area contributed by atoms with Crippen LogP contribution in [0.15, 0.2) is 41.2 Å². The average Bonchev–Trinajstić information content (AvgIpc) is 2.49. The number of rotatable bonds is 6. The molecule has 2 rings (SSSR count). The average molecular weight is 300 g/mol. The lowest BCUT2D eigenvalue weighted by Gasteiger charge is -2.17. The molecule has 4 heteroatoms. The van der Waals surface area contributed by atoms with Crippen molar-refractivity contribution in [2.24, 2.45) is 11.7 Å². The Morgan fingerprint density at radius 1 is 1.23 bits per heavy atom. The number of hydrogen-bond acceptors (Lipinski definition) is 3. The number of pyridine rings is 1. The van der Waals surface area contributed by atoms with Crippen molar-refractivity contribution in [1.82, 2.24) is 4.57 Å². The zero-order chi connectivity index (χ0) is 16.1. The van der Waals surface area contributed by atoms with Gasteiger partial charge in [-0.2, -0.15) is 0 Å². The molecule has 118 valence electrons. The minimum Gasteiger partial charge on any atom is -0.494 e. The van der Waals surface area contributed by atoms with Crippen LogP contribution in [-0.4, -0.2) is 11.2 Å². The third-order valence-electron chi connectivity index (χ3n) is 3.46. The molecule has 0 aliphatic carbocycles. The molecule has 0 bridgehead atoms. The molecule has 0 spiro atoms. The predicted molar refractivity (Wildman–Crippen MR) is 90.0 cm³/mol. The summed E-state index contributed by atoms with van der Waals surface area (Å²) in [4.78, 5) is 12.6. The highest BCUT2D eigenvalue weighted by Crippen LogP contribution is 2.24. The zero-order valence-electron chi connectivity index (χ0n) is 13.5. The van der Waals surface area contributed by atoms with Gasteiger partial charge >= 0.3 is 0 Å². The first-order valence-electron chi connectivity index (χ1n) is 7.72. The van der Waals surface area contributed by atoms with Gasteiger partial charge in [0.1, 0.15) is 5.75 Å². The van der Waals surface area contributed by atoms with Crippen LogP contribution >= 0.6 is 0 Å². The molecule has 1 aromatic heterocycles.